The number of aromatic nitrogens is 1. The number of anilines is 4. The average Bonchev–Trinajstić information content (AvgIpc) is 2.83. The van der Waals surface area contributed by atoms with E-state index in [-0.39, 0.29) is 18.0 Å². The first kappa shape index (κ1) is 21.9. The molecule has 2 aliphatic heterocycles. The lowest BCUT2D eigenvalue weighted by Gasteiger charge is -2.44. The number of ether oxygens (including phenoxy) is 3. The minimum atomic E-state index is -0.436. The summed E-state index contributed by atoms with van der Waals surface area (Å²) in [6.07, 6.45) is 1.68. The zero-order valence-electron chi connectivity index (χ0n) is 18.8. The molecule has 0 saturated carbocycles. The first-order valence-electron chi connectivity index (χ1n) is 10.6. The van der Waals surface area contributed by atoms with Crippen LogP contribution in [0.3, 0.4) is 0 Å². The van der Waals surface area contributed by atoms with Crippen LogP contribution in [0.1, 0.15) is 30.1 Å². The zero-order chi connectivity index (χ0) is 22.8. The second-order valence-corrected chi connectivity index (χ2v) is 7.89. The van der Waals surface area contributed by atoms with Crippen molar-refractivity contribution < 1.29 is 23.8 Å². The summed E-state index contributed by atoms with van der Waals surface area (Å²) in [5, 5.41) is 3.26. The van der Waals surface area contributed by atoms with E-state index in [0.29, 0.717) is 36.0 Å². The van der Waals surface area contributed by atoms with Crippen molar-refractivity contribution in [2.75, 3.05) is 49.6 Å². The fraction of sp³-hybridized carbons (Fsp3) is 0.435. The third-order valence-corrected chi connectivity index (χ3v) is 6.03. The molecule has 1 saturated heterocycles. The Morgan fingerprint density at radius 2 is 1.94 bits per heavy atom. The molecule has 1 N–H and O–H groups in total. The molecule has 1 amide bonds. The molecule has 1 fully saturated rings. The molecule has 0 aliphatic carbocycles. The van der Waals surface area contributed by atoms with Crippen molar-refractivity contribution >= 4 is 34.9 Å². The molecule has 0 radical (unpaired) electrons. The number of hydrogen-bond donors (Lipinski definition) is 1. The molecule has 1 aromatic carbocycles. The predicted octanol–water partition coefficient (Wildman–Crippen LogP) is 2.97. The molecule has 170 valence electrons. The maximum Gasteiger partial charge on any atom is 0.337 e. The number of rotatable bonds is 5. The summed E-state index contributed by atoms with van der Waals surface area (Å²) < 4.78 is 15.8. The van der Waals surface area contributed by atoms with E-state index in [4.69, 9.17) is 19.2 Å². The highest BCUT2D eigenvalue weighted by Crippen LogP contribution is 2.39. The van der Waals surface area contributed by atoms with Gasteiger partial charge in [0.2, 0.25) is 5.91 Å². The molecule has 9 nitrogen and oxygen atoms in total. The highest BCUT2D eigenvalue weighted by molar-refractivity contribution is 6.04. The van der Waals surface area contributed by atoms with E-state index in [9.17, 15) is 9.59 Å². The normalized spacial score (nSPS) is 18.9. The highest BCUT2D eigenvalue weighted by atomic mass is 16.5. The highest BCUT2D eigenvalue weighted by Gasteiger charge is 2.39. The van der Waals surface area contributed by atoms with Gasteiger partial charge in [0.1, 0.15) is 17.6 Å². The molecule has 2 aliphatic rings. The molecular formula is C23H28N4O5. The van der Waals surface area contributed by atoms with Crippen LogP contribution in [-0.4, -0.2) is 63.4 Å². The van der Waals surface area contributed by atoms with Crippen LogP contribution in [0, 0.1) is 0 Å². The quantitative estimate of drug-likeness (QED) is 0.710. The van der Waals surface area contributed by atoms with E-state index in [1.807, 2.05) is 19.1 Å². The second-order valence-electron chi connectivity index (χ2n) is 7.89. The summed E-state index contributed by atoms with van der Waals surface area (Å²) in [6, 6.07) is 8.56. The Hall–Kier alpha value is -3.33. The predicted molar refractivity (Wildman–Crippen MR) is 121 cm³/mol. The number of nitrogens with zero attached hydrogens (tertiary/aromatic N) is 3. The number of benzene rings is 1. The van der Waals surface area contributed by atoms with Gasteiger partial charge in [0.05, 0.1) is 31.2 Å². The summed E-state index contributed by atoms with van der Waals surface area (Å²) in [5.74, 6) is 1.50. The molecule has 9 heteroatoms. The Labute approximate surface area is 187 Å². The summed E-state index contributed by atoms with van der Waals surface area (Å²) in [4.78, 5) is 33.5. The molecule has 32 heavy (non-hydrogen) atoms. The van der Waals surface area contributed by atoms with Crippen LogP contribution < -0.4 is 19.9 Å². The third kappa shape index (κ3) is 3.95. The van der Waals surface area contributed by atoms with Gasteiger partial charge >= 0.3 is 5.97 Å². The number of pyridine rings is 1. The number of carbonyl (C=O) groups excluding carboxylic acids is 2. The van der Waals surface area contributed by atoms with Crippen LogP contribution in [0.15, 0.2) is 30.3 Å². The largest absolute Gasteiger partial charge is 0.495 e. The van der Waals surface area contributed by atoms with E-state index >= 15 is 0 Å². The molecule has 0 bridgehead atoms. The van der Waals surface area contributed by atoms with Gasteiger partial charge in [0.25, 0.3) is 0 Å². The van der Waals surface area contributed by atoms with Crippen molar-refractivity contribution in [3.63, 3.8) is 0 Å². The van der Waals surface area contributed by atoms with Crippen molar-refractivity contribution in [1.82, 2.24) is 4.98 Å². The van der Waals surface area contributed by atoms with Gasteiger partial charge in [0.15, 0.2) is 5.82 Å². The molecule has 0 unspecified atom stereocenters. The smallest absolute Gasteiger partial charge is 0.337 e. The molecule has 3 heterocycles. The minimum absolute atomic E-state index is 0.0407. The summed E-state index contributed by atoms with van der Waals surface area (Å²) in [7, 11) is 4.68. The molecule has 1 aromatic heterocycles. The van der Waals surface area contributed by atoms with Gasteiger partial charge in [-0.15, -0.1) is 0 Å². The van der Waals surface area contributed by atoms with Crippen LogP contribution >= 0.6 is 0 Å². The van der Waals surface area contributed by atoms with E-state index in [1.165, 1.54) is 7.11 Å². The van der Waals surface area contributed by atoms with Crippen molar-refractivity contribution in [3.8, 4) is 5.75 Å². The summed E-state index contributed by atoms with van der Waals surface area (Å²) >= 11 is 0. The number of fused-ring (bicyclic) bond motifs is 1. The van der Waals surface area contributed by atoms with Crippen molar-refractivity contribution in [3.05, 3.63) is 35.9 Å². The molecule has 0 spiro atoms. The first-order valence-corrected chi connectivity index (χ1v) is 10.6. The van der Waals surface area contributed by atoms with E-state index in [1.54, 1.807) is 37.3 Å². The Balaban J connectivity index is 1.72. The Bertz CT molecular complexity index is 1020. The van der Waals surface area contributed by atoms with Crippen molar-refractivity contribution in [1.29, 1.82) is 0 Å². The second kappa shape index (κ2) is 9.04. The van der Waals surface area contributed by atoms with Gasteiger partial charge in [-0.25, -0.2) is 9.78 Å². The van der Waals surface area contributed by atoms with Crippen molar-refractivity contribution in [2.24, 2.45) is 0 Å². The minimum Gasteiger partial charge on any atom is -0.495 e. The lowest BCUT2D eigenvalue weighted by atomic mass is 10.0. The van der Waals surface area contributed by atoms with Crippen LogP contribution in [0.25, 0.3) is 0 Å². The average molecular weight is 441 g/mol. The number of nitrogens with one attached hydrogen (secondary N) is 1. The van der Waals surface area contributed by atoms with Gasteiger partial charge in [-0.1, -0.05) is 0 Å². The maximum absolute atomic E-state index is 12.9. The van der Waals surface area contributed by atoms with Gasteiger partial charge < -0.3 is 29.3 Å². The van der Waals surface area contributed by atoms with Crippen LogP contribution in [0.4, 0.5) is 23.0 Å². The number of hydrogen-bond acceptors (Lipinski definition) is 8. The standard InChI is InChI=1S/C23H28N4O5/c1-14-22(28)26(2)18-6-8-20(25-21(18)27(14)16-9-11-32-12-10-16)24-17-13-15(23(29)31-4)5-7-19(17)30-3/h5-8,13-14,16H,9-12H2,1-4H3,(H,24,25)/t14-/m1/s1. The Morgan fingerprint density at radius 3 is 2.62 bits per heavy atom. The lowest BCUT2D eigenvalue weighted by Crippen LogP contribution is -2.56. The fourth-order valence-corrected chi connectivity index (χ4v) is 4.30. The molecular weight excluding hydrogens is 412 g/mol. The number of amides is 1. The lowest BCUT2D eigenvalue weighted by molar-refractivity contribution is -0.119. The first-order chi connectivity index (χ1) is 15.4. The molecule has 1 atom stereocenters. The van der Waals surface area contributed by atoms with Gasteiger partial charge in [-0.2, -0.15) is 0 Å². The van der Waals surface area contributed by atoms with Crippen LogP contribution in [-0.2, 0) is 14.3 Å². The van der Waals surface area contributed by atoms with Gasteiger partial charge in [-0.05, 0) is 50.1 Å². The Kier molecular flexibility index (Phi) is 6.18. The Morgan fingerprint density at radius 1 is 1.19 bits per heavy atom. The number of carbonyl (C=O) groups is 2. The van der Waals surface area contributed by atoms with Crippen molar-refractivity contribution in [2.45, 2.75) is 31.8 Å². The SMILES string of the molecule is COC(=O)c1ccc(OC)c(Nc2ccc3c(n2)N(C2CCOCC2)[C@H](C)C(=O)N3C)c1. The van der Waals surface area contributed by atoms with Gasteiger partial charge in [0, 0.05) is 26.3 Å². The molecule has 2 aromatic rings. The van der Waals surface area contributed by atoms with E-state index < -0.39 is 5.97 Å². The number of methoxy groups -OCH3 is 2. The maximum atomic E-state index is 12.9. The molecule has 4 rings (SSSR count). The monoisotopic (exact) mass is 440 g/mol. The summed E-state index contributed by atoms with van der Waals surface area (Å²) in [6.45, 7) is 3.26. The topological polar surface area (TPSA) is 93.2 Å². The number of likely N-dealkylation sites (N-methyl/N-ethyl adjacent to an activating group) is 1. The van der Waals surface area contributed by atoms with Crippen LogP contribution in [0.2, 0.25) is 0 Å². The van der Waals surface area contributed by atoms with Crippen LogP contribution in [0.5, 0.6) is 5.75 Å². The van der Waals surface area contributed by atoms with E-state index in [0.717, 1.165) is 24.3 Å². The number of esters is 1. The third-order valence-electron chi connectivity index (χ3n) is 6.03. The van der Waals surface area contributed by atoms with Gasteiger partial charge in [-0.3, -0.25) is 4.79 Å². The zero-order valence-corrected chi connectivity index (χ0v) is 18.8. The fourth-order valence-electron chi connectivity index (χ4n) is 4.30. The summed E-state index contributed by atoms with van der Waals surface area (Å²) in [5.41, 5.74) is 1.76. The van der Waals surface area contributed by atoms with E-state index in [2.05, 4.69) is 10.2 Å².